The Kier molecular flexibility index (Phi) is 5.51. The van der Waals surface area contributed by atoms with Gasteiger partial charge in [0.15, 0.2) is 0 Å². The van der Waals surface area contributed by atoms with Crippen molar-refractivity contribution < 1.29 is 8.42 Å². The fourth-order valence-corrected chi connectivity index (χ4v) is 3.82. The Balaban J connectivity index is 1.53. The van der Waals surface area contributed by atoms with E-state index in [1.807, 2.05) is 36.4 Å². The Morgan fingerprint density at radius 1 is 0.680 bits per heavy atom. The molecule has 0 aromatic heterocycles. The van der Waals surface area contributed by atoms with Gasteiger partial charge in [-0.25, -0.2) is 8.42 Å². The molecule has 3 aromatic carbocycles. The predicted octanol–water partition coefficient (Wildman–Crippen LogP) is 4.73. The molecule has 128 valence electrons. The predicted molar refractivity (Wildman–Crippen MR) is 104 cm³/mol. The van der Waals surface area contributed by atoms with Crippen molar-refractivity contribution in [2.24, 2.45) is 0 Å². The van der Waals surface area contributed by atoms with Gasteiger partial charge < -0.3 is 0 Å². The summed E-state index contributed by atoms with van der Waals surface area (Å²) in [7, 11) is -3.31. The molecule has 0 aliphatic heterocycles. The maximum Gasteiger partial charge on any atom is 0.232 e. The molecule has 0 unspecified atom stereocenters. The molecule has 0 aliphatic carbocycles. The lowest BCUT2D eigenvalue weighted by Gasteiger charge is -2.08. The van der Waals surface area contributed by atoms with Crippen LogP contribution in [0.2, 0.25) is 0 Å². The van der Waals surface area contributed by atoms with E-state index in [0.29, 0.717) is 12.1 Å². The lowest BCUT2D eigenvalue weighted by atomic mass is 10.0. The van der Waals surface area contributed by atoms with Gasteiger partial charge >= 0.3 is 0 Å². The van der Waals surface area contributed by atoms with Crippen LogP contribution in [0.15, 0.2) is 84.9 Å². The number of para-hydroxylation sites is 1. The molecule has 3 nitrogen and oxygen atoms in total. The summed E-state index contributed by atoms with van der Waals surface area (Å²) < 4.78 is 26.8. The molecule has 3 rings (SSSR count). The molecule has 0 amide bonds. The van der Waals surface area contributed by atoms with Gasteiger partial charge in [0.2, 0.25) is 10.0 Å². The monoisotopic (exact) mass is 351 g/mol. The van der Waals surface area contributed by atoms with Gasteiger partial charge in [-0.05, 0) is 41.7 Å². The maximum absolute atomic E-state index is 12.1. The summed E-state index contributed by atoms with van der Waals surface area (Å²) in [5.74, 6) is 0.113. The first-order valence-corrected chi connectivity index (χ1v) is 9.97. The van der Waals surface area contributed by atoms with Crippen LogP contribution in [0.5, 0.6) is 0 Å². The Bertz CT molecular complexity index is 890. The van der Waals surface area contributed by atoms with Crippen molar-refractivity contribution in [1.82, 2.24) is 0 Å². The molecule has 0 aliphatic rings. The fraction of sp³-hybridized carbons (Fsp3) is 0.143. The van der Waals surface area contributed by atoms with E-state index in [-0.39, 0.29) is 5.75 Å². The standard InChI is InChI=1S/C21H21NO2S/c23-25(24,22-21-11-5-2-6-12-21)17-7-8-18-13-15-20(16-14-18)19-9-3-1-4-10-19/h1-6,9-16,22H,7-8,17H2. The SMILES string of the molecule is O=S(=O)(CCCc1ccc(-c2ccccc2)cc1)Nc1ccccc1. The number of benzene rings is 3. The number of hydrogen-bond acceptors (Lipinski definition) is 2. The van der Waals surface area contributed by atoms with Crippen molar-refractivity contribution in [3.8, 4) is 11.1 Å². The zero-order valence-electron chi connectivity index (χ0n) is 13.9. The van der Waals surface area contributed by atoms with E-state index in [9.17, 15) is 8.42 Å². The Morgan fingerprint density at radius 2 is 1.24 bits per heavy atom. The van der Waals surface area contributed by atoms with Crippen molar-refractivity contribution in [1.29, 1.82) is 0 Å². The van der Waals surface area contributed by atoms with Crippen LogP contribution in [-0.4, -0.2) is 14.2 Å². The zero-order chi connectivity index (χ0) is 17.5. The second-order valence-corrected chi connectivity index (χ2v) is 7.80. The van der Waals surface area contributed by atoms with E-state index in [4.69, 9.17) is 0 Å². The van der Waals surface area contributed by atoms with Gasteiger partial charge in [-0.2, -0.15) is 0 Å². The number of anilines is 1. The van der Waals surface area contributed by atoms with Gasteiger partial charge in [-0.1, -0.05) is 72.8 Å². The van der Waals surface area contributed by atoms with Gasteiger partial charge in [0.1, 0.15) is 0 Å². The maximum atomic E-state index is 12.1. The summed E-state index contributed by atoms with van der Waals surface area (Å²) in [6.07, 6.45) is 1.33. The van der Waals surface area contributed by atoms with E-state index in [0.717, 1.165) is 12.0 Å². The highest BCUT2D eigenvalue weighted by molar-refractivity contribution is 7.92. The molecular weight excluding hydrogens is 330 g/mol. The second kappa shape index (κ2) is 7.99. The third-order valence-corrected chi connectivity index (χ3v) is 5.36. The minimum Gasteiger partial charge on any atom is -0.284 e. The molecule has 0 fully saturated rings. The summed E-state index contributed by atoms with van der Waals surface area (Å²) in [6, 6.07) is 27.5. The van der Waals surface area contributed by atoms with Crippen molar-refractivity contribution in [3.63, 3.8) is 0 Å². The van der Waals surface area contributed by atoms with E-state index in [1.54, 1.807) is 12.1 Å². The molecule has 0 heterocycles. The van der Waals surface area contributed by atoms with Crippen LogP contribution in [0.3, 0.4) is 0 Å². The molecule has 0 bridgehead atoms. The Labute approximate surface area is 149 Å². The highest BCUT2D eigenvalue weighted by Crippen LogP contribution is 2.20. The highest BCUT2D eigenvalue weighted by Gasteiger charge is 2.10. The van der Waals surface area contributed by atoms with Gasteiger partial charge in [0.25, 0.3) is 0 Å². The highest BCUT2D eigenvalue weighted by atomic mass is 32.2. The molecule has 0 saturated heterocycles. The summed E-state index contributed by atoms with van der Waals surface area (Å²) in [4.78, 5) is 0. The normalized spacial score (nSPS) is 11.2. The quantitative estimate of drug-likeness (QED) is 0.669. The average Bonchev–Trinajstić information content (AvgIpc) is 2.63. The van der Waals surface area contributed by atoms with Crippen LogP contribution < -0.4 is 4.72 Å². The molecular formula is C21H21NO2S. The van der Waals surface area contributed by atoms with Gasteiger partial charge in [-0.15, -0.1) is 0 Å². The summed E-state index contributed by atoms with van der Waals surface area (Å²) in [5, 5.41) is 0. The van der Waals surface area contributed by atoms with Crippen LogP contribution in [0.25, 0.3) is 11.1 Å². The molecule has 3 aromatic rings. The second-order valence-electron chi connectivity index (χ2n) is 5.95. The zero-order valence-corrected chi connectivity index (χ0v) is 14.7. The van der Waals surface area contributed by atoms with Gasteiger partial charge in [0, 0.05) is 5.69 Å². The third kappa shape index (κ3) is 5.19. The topological polar surface area (TPSA) is 46.2 Å². The van der Waals surface area contributed by atoms with E-state index in [2.05, 4.69) is 41.1 Å². The number of aryl methyl sites for hydroxylation is 1. The van der Waals surface area contributed by atoms with Crippen LogP contribution in [0.1, 0.15) is 12.0 Å². The average molecular weight is 351 g/mol. The third-order valence-electron chi connectivity index (χ3n) is 3.99. The molecule has 0 spiro atoms. The van der Waals surface area contributed by atoms with Crippen molar-refractivity contribution in [3.05, 3.63) is 90.5 Å². The van der Waals surface area contributed by atoms with Crippen LogP contribution in [0, 0.1) is 0 Å². The first-order valence-electron chi connectivity index (χ1n) is 8.32. The van der Waals surface area contributed by atoms with Gasteiger partial charge in [0.05, 0.1) is 5.75 Å². The van der Waals surface area contributed by atoms with E-state index < -0.39 is 10.0 Å². The lowest BCUT2D eigenvalue weighted by molar-refractivity contribution is 0.598. The van der Waals surface area contributed by atoms with Crippen LogP contribution in [0.4, 0.5) is 5.69 Å². The van der Waals surface area contributed by atoms with Crippen LogP contribution >= 0.6 is 0 Å². The van der Waals surface area contributed by atoms with Crippen molar-refractivity contribution >= 4 is 15.7 Å². The Hall–Kier alpha value is -2.59. The molecule has 0 saturated carbocycles. The molecule has 0 radical (unpaired) electrons. The number of hydrogen-bond donors (Lipinski definition) is 1. The van der Waals surface area contributed by atoms with E-state index in [1.165, 1.54) is 11.1 Å². The minimum atomic E-state index is -3.31. The minimum absolute atomic E-state index is 0.113. The smallest absolute Gasteiger partial charge is 0.232 e. The summed E-state index contributed by atoms with van der Waals surface area (Å²) in [5.41, 5.74) is 4.11. The molecule has 4 heteroatoms. The molecule has 0 atom stereocenters. The molecule has 1 N–H and O–H groups in total. The first kappa shape index (κ1) is 17.2. The summed E-state index contributed by atoms with van der Waals surface area (Å²) in [6.45, 7) is 0. The first-order chi connectivity index (χ1) is 12.1. The van der Waals surface area contributed by atoms with E-state index >= 15 is 0 Å². The Morgan fingerprint density at radius 3 is 1.88 bits per heavy atom. The van der Waals surface area contributed by atoms with Crippen molar-refractivity contribution in [2.45, 2.75) is 12.8 Å². The largest absolute Gasteiger partial charge is 0.284 e. The molecule has 25 heavy (non-hydrogen) atoms. The van der Waals surface area contributed by atoms with Crippen molar-refractivity contribution in [2.75, 3.05) is 10.5 Å². The number of rotatable bonds is 7. The number of sulfonamides is 1. The lowest BCUT2D eigenvalue weighted by Crippen LogP contribution is -2.17. The summed E-state index contributed by atoms with van der Waals surface area (Å²) >= 11 is 0. The van der Waals surface area contributed by atoms with Crippen LogP contribution in [-0.2, 0) is 16.4 Å². The van der Waals surface area contributed by atoms with Gasteiger partial charge in [-0.3, -0.25) is 4.72 Å². The number of nitrogens with one attached hydrogen (secondary N) is 1. The fourth-order valence-electron chi connectivity index (χ4n) is 2.70.